The Labute approximate surface area is 166 Å². The van der Waals surface area contributed by atoms with Crippen LogP contribution in [0.5, 0.6) is 0 Å². The maximum absolute atomic E-state index is 11.9. The standard InChI is InChI=1S/C21H26N4O2S/c1-5-15-6-8-16(9-7-15)20(25(2)3)13-22-21-18-12-17(28(4,26)27)10-11-19(18)23-14-24-21/h6-12,14,20H,5,13H2,1-4H3,(H,22,23,24). The zero-order chi connectivity index (χ0) is 20.3. The van der Waals surface area contributed by atoms with Crippen LogP contribution in [-0.4, -0.2) is 50.2 Å². The zero-order valence-corrected chi connectivity index (χ0v) is 17.5. The molecule has 1 unspecified atom stereocenters. The normalized spacial score (nSPS) is 13.0. The van der Waals surface area contributed by atoms with Crippen LogP contribution >= 0.6 is 0 Å². The van der Waals surface area contributed by atoms with Gasteiger partial charge in [0, 0.05) is 18.2 Å². The Kier molecular flexibility index (Phi) is 5.96. The number of hydrogen-bond acceptors (Lipinski definition) is 6. The summed E-state index contributed by atoms with van der Waals surface area (Å²) in [7, 11) is 0.786. The van der Waals surface area contributed by atoms with Crippen molar-refractivity contribution in [1.29, 1.82) is 0 Å². The maximum atomic E-state index is 11.9. The SMILES string of the molecule is CCc1ccc(C(CNc2ncnc3ccc(S(C)(=O)=O)cc23)N(C)C)cc1. The van der Waals surface area contributed by atoms with Crippen molar-refractivity contribution in [2.24, 2.45) is 0 Å². The summed E-state index contributed by atoms with van der Waals surface area (Å²) >= 11 is 0. The summed E-state index contributed by atoms with van der Waals surface area (Å²) in [5, 5.41) is 4.09. The van der Waals surface area contributed by atoms with E-state index in [0.717, 1.165) is 6.42 Å². The van der Waals surface area contributed by atoms with E-state index in [9.17, 15) is 8.42 Å². The number of fused-ring (bicyclic) bond motifs is 1. The second-order valence-electron chi connectivity index (χ2n) is 7.13. The lowest BCUT2D eigenvalue weighted by atomic mass is 10.0. The highest BCUT2D eigenvalue weighted by molar-refractivity contribution is 7.90. The Bertz CT molecular complexity index is 1060. The molecule has 0 radical (unpaired) electrons. The summed E-state index contributed by atoms with van der Waals surface area (Å²) in [4.78, 5) is 11.0. The minimum atomic E-state index is -3.30. The van der Waals surface area contributed by atoms with Gasteiger partial charge in [0.15, 0.2) is 9.84 Å². The van der Waals surface area contributed by atoms with Gasteiger partial charge < -0.3 is 10.2 Å². The summed E-state index contributed by atoms with van der Waals surface area (Å²) in [5.41, 5.74) is 3.23. The number of nitrogens with zero attached hydrogens (tertiary/aromatic N) is 3. The van der Waals surface area contributed by atoms with Gasteiger partial charge >= 0.3 is 0 Å². The van der Waals surface area contributed by atoms with Crippen LogP contribution in [0.2, 0.25) is 0 Å². The molecule has 6 nitrogen and oxygen atoms in total. The second-order valence-corrected chi connectivity index (χ2v) is 9.14. The average Bonchev–Trinajstić information content (AvgIpc) is 2.67. The van der Waals surface area contributed by atoms with E-state index in [1.165, 1.54) is 23.7 Å². The number of aryl methyl sites for hydroxylation is 1. The van der Waals surface area contributed by atoms with Gasteiger partial charge in [0.25, 0.3) is 0 Å². The van der Waals surface area contributed by atoms with Crippen molar-refractivity contribution in [3.63, 3.8) is 0 Å². The van der Waals surface area contributed by atoms with Crippen molar-refractivity contribution in [3.8, 4) is 0 Å². The molecule has 0 amide bonds. The van der Waals surface area contributed by atoms with E-state index >= 15 is 0 Å². The molecular weight excluding hydrogens is 372 g/mol. The molecule has 0 aliphatic carbocycles. The zero-order valence-electron chi connectivity index (χ0n) is 16.7. The molecule has 28 heavy (non-hydrogen) atoms. The van der Waals surface area contributed by atoms with Crippen LogP contribution in [0.25, 0.3) is 10.9 Å². The van der Waals surface area contributed by atoms with Gasteiger partial charge in [-0.3, -0.25) is 0 Å². The van der Waals surface area contributed by atoms with E-state index in [0.29, 0.717) is 23.3 Å². The molecule has 0 aliphatic rings. The van der Waals surface area contributed by atoms with Gasteiger partial charge in [0.05, 0.1) is 16.5 Å². The van der Waals surface area contributed by atoms with E-state index in [-0.39, 0.29) is 10.9 Å². The first kappa shape index (κ1) is 20.2. The third-order valence-corrected chi connectivity index (χ3v) is 6.00. The number of sulfone groups is 1. The minimum Gasteiger partial charge on any atom is -0.368 e. The van der Waals surface area contributed by atoms with E-state index in [1.807, 2.05) is 14.1 Å². The summed E-state index contributed by atoms with van der Waals surface area (Å²) in [5.74, 6) is 0.632. The molecule has 0 bridgehead atoms. The highest BCUT2D eigenvalue weighted by Crippen LogP contribution is 2.25. The van der Waals surface area contributed by atoms with Gasteiger partial charge in [-0.05, 0) is 49.8 Å². The first-order valence-corrected chi connectivity index (χ1v) is 11.1. The third kappa shape index (κ3) is 4.48. The van der Waals surface area contributed by atoms with Gasteiger partial charge in [-0.1, -0.05) is 31.2 Å². The van der Waals surface area contributed by atoms with Gasteiger partial charge in [-0.15, -0.1) is 0 Å². The lowest BCUT2D eigenvalue weighted by Crippen LogP contribution is -2.27. The van der Waals surface area contributed by atoms with Gasteiger partial charge in [-0.25, -0.2) is 18.4 Å². The number of rotatable bonds is 7. The quantitative estimate of drug-likeness (QED) is 0.658. The van der Waals surface area contributed by atoms with Gasteiger partial charge in [0.2, 0.25) is 0 Å². The smallest absolute Gasteiger partial charge is 0.175 e. The van der Waals surface area contributed by atoms with Crippen LogP contribution in [0.4, 0.5) is 5.82 Å². The maximum Gasteiger partial charge on any atom is 0.175 e. The largest absolute Gasteiger partial charge is 0.368 e. The summed E-state index contributed by atoms with van der Waals surface area (Å²) in [6, 6.07) is 13.7. The van der Waals surface area contributed by atoms with Crippen molar-refractivity contribution < 1.29 is 8.42 Å². The number of anilines is 1. The van der Waals surface area contributed by atoms with Crippen LogP contribution in [0.3, 0.4) is 0 Å². The van der Waals surface area contributed by atoms with Gasteiger partial charge in [-0.2, -0.15) is 0 Å². The van der Waals surface area contributed by atoms with Crippen molar-refractivity contribution in [2.45, 2.75) is 24.3 Å². The Balaban J connectivity index is 1.90. The number of aromatic nitrogens is 2. The second kappa shape index (κ2) is 8.24. The van der Waals surface area contributed by atoms with E-state index in [4.69, 9.17) is 0 Å². The summed E-state index contributed by atoms with van der Waals surface area (Å²) in [6.45, 7) is 2.78. The number of likely N-dealkylation sites (N-methyl/N-ethyl adjacent to an activating group) is 1. The van der Waals surface area contributed by atoms with Crippen LogP contribution in [-0.2, 0) is 16.3 Å². The third-order valence-electron chi connectivity index (χ3n) is 4.89. The molecule has 3 rings (SSSR count). The Hall–Kier alpha value is -2.51. The fraction of sp³-hybridized carbons (Fsp3) is 0.333. The average molecular weight is 399 g/mol. The molecule has 3 aromatic rings. The first-order valence-electron chi connectivity index (χ1n) is 9.23. The molecule has 0 spiro atoms. The first-order chi connectivity index (χ1) is 13.3. The lowest BCUT2D eigenvalue weighted by Gasteiger charge is -2.25. The minimum absolute atomic E-state index is 0.147. The fourth-order valence-electron chi connectivity index (χ4n) is 3.17. The monoisotopic (exact) mass is 398 g/mol. The number of nitrogens with one attached hydrogen (secondary N) is 1. The number of benzene rings is 2. The Morgan fingerprint density at radius 1 is 1.07 bits per heavy atom. The number of hydrogen-bond donors (Lipinski definition) is 1. The molecule has 1 heterocycles. The molecule has 1 N–H and O–H groups in total. The molecular formula is C21H26N4O2S. The highest BCUT2D eigenvalue weighted by Gasteiger charge is 2.16. The van der Waals surface area contributed by atoms with Gasteiger partial charge in [0.1, 0.15) is 12.1 Å². The lowest BCUT2D eigenvalue weighted by molar-refractivity contribution is 0.311. The molecule has 148 valence electrons. The van der Waals surface area contributed by atoms with Crippen LogP contribution in [0, 0.1) is 0 Å². The van der Waals surface area contributed by atoms with E-state index in [1.54, 1.807) is 18.2 Å². The van der Waals surface area contributed by atoms with Crippen LogP contribution < -0.4 is 5.32 Å². The molecule has 0 saturated carbocycles. The van der Waals surface area contributed by atoms with E-state index < -0.39 is 9.84 Å². The molecule has 0 fully saturated rings. The molecule has 1 atom stereocenters. The van der Waals surface area contributed by atoms with Crippen molar-refractivity contribution >= 4 is 26.6 Å². The van der Waals surface area contributed by atoms with E-state index in [2.05, 4.69) is 51.4 Å². The molecule has 0 saturated heterocycles. The summed E-state index contributed by atoms with van der Waals surface area (Å²) in [6.07, 6.45) is 3.71. The Morgan fingerprint density at radius 3 is 2.39 bits per heavy atom. The molecule has 2 aromatic carbocycles. The molecule has 1 aromatic heterocycles. The van der Waals surface area contributed by atoms with Crippen molar-refractivity contribution in [2.75, 3.05) is 32.2 Å². The van der Waals surface area contributed by atoms with Crippen molar-refractivity contribution in [1.82, 2.24) is 14.9 Å². The predicted molar refractivity (Wildman–Crippen MR) is 113 cm³/mol. The van der Waals surface area contributed by atoms with Crippen molar-refractivity contribution in [3.05, 3.63) is 59.9 Å². The highest BCUT2D eigenvalue weighted by atomic mass is 32.2. The Morgan fingerprint density at radius 2 is 1.79 bits per heavy atom. The van der Waals surface area contributed by atoms with Crippen LogP contribution in [0.15, 0.2) is 53.7 Å². The molecule has 0 aliphatic heterocycles. The van der Waals surface area contributed by atoms with Crippen LogP contribution in [0.1, 0.15) is 24.1 Å². The fourth-order valence-corrected chi connectivity index (χ4v) is 3.82. The predicted octanol–water partition coefficient (Wildman–Crippen LogP) is 3.31. The molecule has 7 heteroatoms. The summed E-state index contributed by atoms with van der Waals surface area (Å²) < 4.78 is 23.8. The topological polar surface area (TPSA) is 75.2 Å².